The Kier molecular flexibility index (Phi) is 3.57. The Bertz CT molecular complexity index is 284. The molecule has 64 valence electrons. The smallest absolute Gasteiger partial charge is 0.151 e. The first-order chi connectivity index (χ1) is 5.72. The lowest BCUT2D eigenvalue weighted by atomic mass is 10.1. The predicted octanol–water partition coefficient (Wildman–Crippen LogP) is 2.69. The summed E-state index contributed by atoms with van der Waals surface area (Å²) in [4.78, 5) is 10.9. The minimum atomic E-state index is 0.0129. The standard InChI is InChI=1S/C9H8Cl2O/c10-6-9(12)5-7-2-1-3-8(11)4-7/h1-4H,5-6H2. The largest absolute Gasteiger partial charge is 0.298 e. The summed E-state index contributed by atoms with van der Waals surface area (Å²) in [6, 6.07) is 7.22. The van der Waals surface area contributed by atoms with Crippen LogP contribution in [0.2, 0.25) is 5.02 Å². The van der Waals surface area contributed by atoms with Gasteiger partial charge in [0.15, 0.2) is 5.78 Å². The second-order valence-electron chi connectivity index (χ2n) is 2.48. The third kappa shape index (κ3) is 2.84. The van der Waals surface area contributed by atoms with E-state index in [0.29, 0.717) is 11.4 Å². The van der Waals surface area contributed by atoms with Gasteiger partial charge in [0.05, 0.1) is 5.88 Å². The molecule has 0 N–H and O–H groups in total. The molecule has 0 bridgehead atoms. The maximum absolute atomic E-state index is 10.9. The topological polar surface area (TPSA) is 17.1 Å². The average molecular weight is 203 g/mol. The van der Waals surface area contributed by atoms with Crippen molar-refractivity contribution >= 4 is 29.0 Å². The first-order valence-electron chi connectivity index (χ1n) is 3.54. The molecule has 0 fully saturated rings. The number of ketones is 1. The van der Waals surface area contributed by atoms with E-state index in [4.69, 9.17) is 23.2 Å². The second kappa shape index (κ2) is 4.48. The van der Waals surface area contributed by atoms with E-state index in [-0.39, 0.29) is 11.7 Å². The van der Waals surface area contributed by atoms with Crippen LogP contribution in [0.1, 0.15) is 5.56 Å². The van der Waals surface area contributed by atoms with Gasteiger partial charge in [-0.2, -0.15) is 0 Å². The molecule has 0 radical (unpaired) electrons. The van der Waals surface area contributed by atoms with Crippen molar-refractivity contribution in [1.29, 1.82) is 0 Å². The predicted molar refractivity (Wildman–Crippen MR) is 50.9 cm³/mol. The van der Waals surface area contributed by atoms with E-state index >= 15 is 0 Å². The van der Waals surface area contributed by atoms with Crippen molar-refractivity contribution in [3.8, 4) is 0 Å². The molecule has 0 aliphatic heterocycles. The van der Waals surface area contributed by atoms with Crippen LogP contribution >= 0.6 is 23.2 Å². The van der Waals surface area contributed by atoms with Crippen LogP contribution in [0, 0.1) is 0 Å². The van der Waals surface area contributed by atoms with E-state index in [9.17, 15) is 4.79 Å². The lowest BCUT2D eigenvalue weighted by Gasteiger charge is -1.97. The Morgan fingerprint density at radius 3 is 2.75 bits per heavy atom. The van der Waals surface area contributed by atoms with Gasteiger partial charge in [0.25, 0.3) is 0 Å². The summed E-state index contributed by atoms with van der Waals surface area (Å²) in [5, 5.41) is 0.648. The minimum absolute atomic E-state index is 0.0129. The molecule has 0 atom stereocenters. The van der Waals surface area contributed by atoms with Gasteiger partial charge in [-0.1, -0.05) is 23.7 Å². The zero-order valence-corrected chi connectivity index (χ0v) is 7.90. The zero-order chi connectivity index (χ0) is 8.97. The van der Waals surface area contributed by atoms with E-state index in [0.717, 1.165) is 5.56 Å². The number of hydrogen-bond donors (Lipinski definition) is 0. The number of Topliss-reactive ketones (excluding diaryl/α,β-unsaturated/α-hetero) is 1. The van der Waals surface area contributed by atoms with Crippen LogP contribution in [0.15, 0.2) is 24.3 Å². The van der Waals surface area contributed by atoms with Gasteiger partial charge in [0, 0.05) is 11.4 Å². The lowest BCUT2D eigenvalue weighted by Crippen LogP contribution is -2.03. The zero-order valence-electron chi connectivity index (χ0n) is 6.39. The van der Waals surface area contributed by atoms with Crippen molar-refractivity contribution in [3.05, 3.63) is 34.9 Å². The van der Waals surface area contributed by atoms with Crippen molar-refractivity contribution in [1.82, 2.24) is 0 Å². The molecule has 0 aliphatic carbocycles. The molecule has 0 unspecified atom stereocenters. The molecule has 3 heteroatoms. The molecule has 0 heterocycles. The minimum Gasteiger partial charge on any atom is -0.298 e. The third-order valence-electron chi connectivity index (χ3n) is 1.44. The maximum atomic E-state index is 10.9. The van der Waals surface area contributed by atoms with Gasteiger partial charge >= 0.3 is 0 Å². The average Bonchev–Trinajstić information content (AvgIpc) is 2.04. The normalized spacial score (nSPS) is 9.83. The highest BCUT2D eigenvalue weighted by Gasteiger charge is 2.01. The number of carbonyl (C=O) groups excluding carboxylic acids is 1. The molecular formula is C9H8Cl2O. The summed E-state index contributed by atoms with van der Waals surface area (Å²) >= 11 is 11.1. The second-order valence-corrected chi connectivity index (χ2v) is 3.18. The fraction of sp³-hybridized carbons (Fsp3) is 0.222. The Labute approximate surface area is 81.3 Å². The molecular weight excluding hydrogens is 195 g/mol. The van der Waals surface area contributed by atoms with Gasteiger partial charge in [-0.15, -0.1) is 11.6 Å². The third-order valence-corrected chi connectivity index (χ3v) is 1.97. The molecule has 1 aromatic carbocycles. The van der Waals surface area contributed by atoms with Crippen molar-refractivity contribution < 1.29 is 4.79 Å². The van der Waals surface area contributed by atoms with Crippen LogP contribution in [-0.4, -0.2) is 11.7 Å². The van der Waals surface area contributed by atoms with Crippen molar-refractivity contribution in [2.75, 3.05) is 5.88 Å². The van der Waals surface area contributed by atoms with Gasteiger partial charge in [-0.3, -0.25) is 4.79 Å². The van der Waals surface area contributed by atoms with Crippen LogP contribution in [0.5, 0.6) is 0 Å². The van der Waals surface area contributed by atoms with Crippen molar-refractivity contribution in [2.45, 2.75) is 6.42 Å². The van der Waals surface area contributed by atoms with Crippen LogP contribution < -0.4 is 0 Å². The van der Waals surface area contributed by atoms with Crippen molar-refractivity contribution in [3.63, 3.8) is 0 Å². The number of rotatable bonds is 3. The highest BCUT2D eigenvalue weighted by molar-refractivity contribution is 6.30. The molecule has 0 spiro atoms. The molecule has 1 aromatic rings. The summed E-state index contributed by atoms with van der Waals surface area (Å²) in [6.07, 6.45) is 0.365. The van der Waals surface area contributed by atoms with Gasteiger partial charge in [-0.05, 0) is 17.7 Å². The molecule has 0 aliphatic rings. The van der Waals surface area contributed by atoms with E-state index < -0.39 is 0 Å². The number of alkyl halides is 1. The molecule has 12 heavy (non-hydrogen) atoms. The first-order valence-corrected chi connectivity index (χ1v) is 4.45. The Morgan fingerprint density at radius 2 is 2.17 bits per heavy atom. The van der Waals surface area contributed by atoms with Gasteiger partial charge in [-0.25, -0.2) is 0 Å². The first kappa shape index (κ1) is 9.56. The molecule has 0 saturated heterocycles. The van der Waals surface area contributed by atoms with Crippen LogP contribution in [-0.2, 0) is 11.2 Å². The van der Waals surface area contributed by atoms with E-state index in [1.54, 1.807) is 12.1 Å². The van der Waals surface area contributed by atoms with E-state index in [1.165, 1.54) is 0 Å². The van der Waals surface area contributed by atoms with Crippen molar-refractivity contribution in [2.24, 2.45) is 0 Å². The summed E-state index contributed by atoms with van der Waals surface area (Å²) < 4.78 is 0. The monoisotopic (exact) mass is 202 g/mol. The number of benzene rings is 1. The fourth-order valence-electron chi connectivity index (χ4n) is 0.922. The molecule has 0 amide bonds. The molecule has 0 saturated carbocycles. The summed E-state index contributed by atoms with van der Waals surface area (Å²) in [7, 11) is 0. The van der Waals surface area contributed by atoms with Gasteiger partial charge in [0.2, 0.25) is 0 Å². The van der Waals surface area contributed by atoms with E-state index in [1.807, 2.05) is 12.1 Å². The van der Waals surface area contributed by atoms with Gasteiger partial charge < -0.3 is 0 Å². The maximum Gasteiger partial charge on any atom is 0.151 e. The highest BCUT2D eigenvalue weighted by atomic mass is 35.5. The molecule has 1 rings (SSSR count). The number of halogens is 2. The Hall–Kier alpha value is -0.530. The summed E-state index contributed by atoms with van der Waals surface area (Å²) in [5.74, 6) is 0.0749. The number of hydrogen-bond acceptors (Lipinski definition) is 1. The Morgan fingerprint density at radius 1 is 1.42 bits per heavy atom. The van der Waals surface area contributed by atoms with Crippen LogP contribution in [0.3, 0.4) is 0 Å². The molecule has 1 nitrogen and oxygen atoms in total. The molecule has 0 aromatic heterocycles. The van der Waals surface area contributed by atoms with Crippen LogP contribution in [0.25, 0.3) is 0 Å². The number of carbonyl (C=O) groups is 1. The Balaban J connectivity index is 2.69. The van der Waals surface area contributed by atoms with Gasteiger partial charge in [0.1, 0.15) is 0 Å². The lowest BCUT2D eigenvalue weighted by molar-refractivity contribution is -0.116. The fourth-order valence-corrected chi connectivity index (χ4v) is 1.23. The summed E-state index contributed by atoms with van der Waals surface area (Å²) in [5.41, 5.74) is 0.910. The highest BCUT2D eigenvalue weighted by Crippen LogP contribution is 2.11. The van der Waals surface area contributed by atoms with E-state index in [2.05, 4.69) is 0 Å². The summed E-state index contributed by atoms with van der Waals surface area (Å²) in [6.45, 7) is 0. The van der Waals surface area contributed by atoms with Crippen LogP contribution in [0.4, 0.5) is 0 Å². The quantitative estimate of drug-likeness (QED) is 0.690. The SMILES string of the molecule is O=C(CCl)Cc1cccc(Cl)c1.